The van der Waals surface area contributed by atoms with Crippen molar-refractivity contribution < 1.29 is 31.8 Å². The maximum atomic E-state index is 15.4. The molecule has 0 unspecified atom stereocenters. The van der Waals surface area contributed by atoms with Gasteiger partial charge in [0.2, 0.25) is 0 Å². The summed E-state index contributed by atoms with van der Waals surface area (Å²) >= 11 is 0. The molecule has 6 rings (SSSR count). The van der Waals surface area contributed by atoms with Crippen LogP contribution in [0.5, 0.6) is 0 Å². The fourth-order valence-corrected chi connectivity index (χ4v) is 4.57. The number of nitrogens with zero attached hydrogens (tertiary/aromatic N) is 5. The molecule has 0 aliphatic carbocycles. The normalized spacial score (nSPS) is 12.2. The molecule has 0 spiro atoms. The number of fused-ring (bicyclic) bond motifs is 1. The third kappa shape index (κ3) is 5.17. The van der Waals surface area contributed by atoms with E-state index in [4.69, 9.17) is 10.3 Å². The predicted molar refractivity (Wildman–Crippen MR) is 144 cm³/mol. The largest absolute Gasteiger partial charge is 0.857 e. The molecular formula is C30H20F4N6O2. The van der Waals surface area contributed by atoms with Gasteiger partial charge in [-0.1, -0.05) is 35.5 Å². The zero-order chi connectivity index (χ0) is 29.4. The highest BCUT2D eigenvalue weighted by Gasteiger charge is 2.35. The molecule has 3 aromatic carbocycles. The van der Waals surface area contributed by atoms with Crippen molar-refractivity contribution in [2.45, 2.75) is 12.7 Å². The fraction of sp³-hybridized carbons (Fsp3) is 0.0667. The molecule has 0 bridgehead atoms. The van der Waals surface area contributed by atoms with Crippen LogP contribution in [0.15, 0.2) is 107 Å². The molecule has 0 aliphatic rings. The molecule has 3 aromatic heterocycles. The van der Waals surface area contributed by atoms with Gasteiger partial charge >= 0.3 is 6.18 Å². The summed E-state index contributed by atoms with van der Waals surface area (Å²) in [6.07, 6.45) is -1.04. The summed E-state index contributed by atoms with van der Waals surface area (Å²) in [4.78, 5) is 3.90. The van der Waals surface area contributed by atoms with E-state index in [1.807, 2.05) is 47.3 Å². The maximum absolute atomic E-state index is 15.4. The van der Waals surface area contributed by atoms with Gasteiger partial charge in [-0.3, -0.25) is 4.99 Å². The summed E-state index contributed by atoms with van der Waals surface area (Å²) in [5, 5.41) is 20.7. The molecular weight excluding hydrogens is 552 g/mol. The fourth-order valence-electron chi connectivity index (χ4n) is 4.57. The zero-order valence-corrected chi connectivity index (χ0v) is 21.6. The number of hydrogen-bond donors (Lipinski definition) is 1. The van der Waals surface area contributed by atoms with Crippen molar-refractivity contribution in [2.24, 2.45) is 4.99 Å². The summed E-state index contributed by atoms with van der Waals surface area (Å²) in [5.74, 6) is -1.68. The van der Waals surface area contributed by atoms with E-state index in [1.165, 1.54) is 30.3 Å². The molecule has 12 heteroatoms. The van der Waals surface area contributed by atoms with Crippen LogP contribution >= 0.6 is 0 Å². The molecule has 2 N–H and O–H groups in total. The number of alkyl halides is 3. The zero-order valence-electron chi connectivity index (χ0n) is 21.6. The average Bonchev–Trinajstić information content (AvgIpc) is 3.59. The summed E-state index contributed by atoms with van der Waals surface area (Å²) < 4.78 is 63.9. The van der Waals surface area contributed by atoms with Crippen LogP contribution in [0.2, 0.25) is 0 Å². The highest BCUT2D eigenvalue weighted by Crippen LogP contribution is 2.32. The van der Waals surface area contributed by atoms with E-state index in [1.54, 1.807) is 12.1 Å². The van der Waals surface area contributed by atoms with Gasteiger partial charge in [0.25, 0.3) is 0 Å². The van der Waals surface area contributed by atoms with Crippen molar-refractivity contribution in [3.05, 3.63) is 120 Å². The van der Waals surface area contributed by atoms with Gasteiger partial charge in [-0.15, -0.1) is 0 Å². The number of nitrogen functional groups attached to an aromatic ring is 1. The molecule has 8 nitrogen and oxygen atoms in total. The van der Waals surface area contributed by atoms with Gasteiger partial charge in [-0.2, -0.15) is 18.3 Å². The van der Waals surface area contributed by atoms with Gasteiger partial charge in [0.15, 0.2) is 36.0 Å². The third-order valence-corrected chi connectivity index (χ3v) is 6.57. The molecule has 0 saturated carbocycles. The van der Waals surface area contributed by atoms with Gasteiger partial charge in [0.1, 0.15) is 5.82 Å². The van der Waals surface area contributed by atoms with E-state index in [-0.39, 0.29) is 22.8 Å². The van der Waals surface area contributed by atoms with E-state index in [0.29, 0.717) is 29.1 Å². The van der Waals surface area contributed by atoms with Crippen LogP contribution in [0.25, 0.3) is 27.8 Å². The van der Waals surface area contributed by atoms with Crippen LogP contribution in [-0.4, -0.2) is 20.8 Å². The van der Waals surface area contributed by atoms with Crippen molar-refractivity contribution in [2.75, 3.05) is 5.73 Å². The van der Waals surface area contributed by atoms with Crippen LogP contribution < -0.4 is 15.4 Å². The van der Waals surface area contributed by atoms with Crippen LogP contribution in [-0.2, 0) is 12.7 Å². The summed E-state index contributed by atoms with van der Waals surface area (Å²) in [7, 11) is 0. The molecule has 0 radical (unpaired) electrons. The number of aliphatic imine (C=N–C) groups is 1. The molecule has 3 heterocycles. The first-order valence-electron chi connectivity index (χ1n) is 12.6. The molecule has 0 saturated heterocycles. The number of hydrogen-bond acceptors (Lipinski definition) is 6. The van der Waals surface area contributed by atoms with Crippen molar-refractivity contribution in [3.63, 3.8) is 0 Å². The first kappa shape index (κ1) is 26.7. The Balaban J connectivity index is 1.37. The smallest absolute Gasteiger partial charge is 0.435 e. The Bertz CT molecular complexity index is 1950. The van der Waals surface area contributed by atoms with Crippen molar-refractivity contribution in [1.82, 2.24) is 14.9 Å². The lowest BCUT2D eigenvalue weighted by Gasteiger charge is -2.14. The Kier molecular flexibility index (Phi) is 6.65. The summed E-state index contributed by atoms with van der Waals surface area (Å²) in [6.45, 7) is 0.499. The van der Waals surface area contributed by atoms with E-state index >= 15 is 4.39 Å². The van der Waals surface area contributed by atoms with E-state index < -0.39 is 29.3 Å². The second-order valence-corrected chi connectivity index (χ2v) is 9.36. The van der Waals surface area contributed by atoms with Crippen LogP contribution in [0.4, 0.5) is 29.1 Å². The van der Waals surface area contributed by atoms with E-state index in [0.717, 1.165) is 16.3 Å². The summed E-state index contributed by atoms with van der Waals surface area (Å²) in [5.41, 5.74) is 6.13. The van der Waals surface area contributed by atoms with Crippen LogP contribution in [0.1, 0.15) is 17.0 Å². The Hall–Kier alpha value is -5.52. The van der Waals surface area contributed by atoms with Crippen LogP contribution in [0, 0.1) is 5.82 Å². The number of benzene rings is 3. The topological polar surface area (TPSA) is 109 Å². The first-order valence-corrected chi connectivity index (χ1v) is 12.6. The van der Waals surface area contributed by atoms with Gasteiger partial charge in [0, 0.05) is 35.2 Å². The Morgan fingerprint density at radius 1 is 0.952 bits per heavy atom. The van der Waals surface area contributed by atoms with Gasteiger partial charge < -0.3 is 15.4 Å². The van der Waals surface area contributed by atoms with Crippen molar-refractivity contribution in [1.29, 1.82) is 0 Å². The lowest BCUT2D eigenvalue weighted by Crippen LogP contribution is -2.33. The Morgan fingerprint density at radius 2 is 1.74 bits per heavy atom. The van der Waals surface area contributed by atoms with Gasteiger partial charge in [-0.25, -0.2) is 13.6 Å². The molecule has 6 aromatic rings. The Labute approximate surface area is 235 Å². The predicted octanol–water partition coefficient (Wildman–Crippen LogP) is 5.20. The standard InChI is InChI=1S/C30H20F4N6O2/c31-24-14-19(8-10-22(24)21-7-3-2-6-18(21)17-39-12-4-1-5-13-39)36-29(41)25-16-27(30(32,33)34)37-40(25)20-9-11-26-23(15-20)28(35)38-42-26/h1-16H,17H2,(H2-,35,36,38,41). The second-order valence-electron chi connectivity index (χ2n) is 9.36. The monoisotopic (exact) mass is 572 g/mol. The quantitative estimate of drug-likeness (QED) is 0.128. The number of nitrogens with two attached hydrogens (primary N) is 1. The molecule has 0 atom stereocenters. The number of anilines is 1. The van der Waals surface area contributed by atoms with Crippen LogP contribution in [0.3, 0.4) is 0 Å². The second kappa shape index (κ2) is 10.5. The first-order chi connectivity index (χ1) is 20.2. The van der Waals surface area contributed by atoms with Gasteiger partial charge in [0.05, 0.1) is 22.5 Å². The van der Waals surface area contributed by atoms with Gasteiger partial charge in [-0.05, 0) is 42.0 Å². The maximum Gasteiger partial charge on any atom is 0.435 e. The Morgan fingerprint density at radius 3 is 2.50 bits per heavy atom. The molecule has 210 valence electrons. The lowest BCUT2D eigenvalue weighted by atomic mass is 9.98. The number of aromatic nitrogens is 4. The molecule has 0 amide bonds. The molecule has 0 aliphatic heterocycles. The number of halogens is 4. The molecule has 42 heavy (non-hydrogen) atoms. The average molecular weight is 573 g/mol. The van der Waals surface area contributed by atoms with E-state index in [9.17, 15) is 18.3 Å². The van der Waals surface area contributed by atoms with E-state index in [2.05, 4.69) is 15.2 Å². The summed E-state index contributed by atoms with van der Waals surface area (Å²) in [6, 6.07) is 21.8. The SMILES string of the molecule is Nc1noc2ccc(-n3nc(C(F)(F)F)cc3C([O-])=Nc3ccc(-c4ccccc4C[n+]4ccccc4)c(F)c3)cc12. The highest BCUT2D eigenvalue weighted by molar-refractivity contribution is 5.93. The number of pyridine rings is 1. The molecule has 0 fully saturated rings. The minimum atomic E-state index is -4.83. The van der Waals surface area contributed by atoms with Crippen molar-refractivity contribution in [3.8, 4) is 16.8 Å². The van der Waals surface area contributed by atoms with Crippen molar-refractivity contribution >= 4 is 28.4 Å². The minimum Gasteiger partial charge on any atom is -0.857 e. The third-order valence-electron chi connectivity index (χ3n) is 6.57. The lowest BCUT2D eigenvalue weighted by molar-refractivity contribution is -0.688. The highest BCUT2D eigenvalue weighted by atomic mass is 19.4. The number of rotatable bonds is 6. The minimum absolute atomic E-state index is 0.0205.